The summed E-state index contributed by atoms with van der Waals surface area (Å²) in [6, 6.07) is 6.31. The normalized spacial score (nSPS) is 17.5. The first kappa shape index (κ1) is 12.9. The van der Waals surface area contributed by atoms with Crippen LogP contribution in [0.1, 0.15) is 18.4 Å². The van der Waals surface area contributed by atoms with Crippen molar-refractivity contribution in [2.75, 3.05) is 25.1 Å². The minimum atomic E-state index is 0.416. The highest BCUT2D eigenvalue weighted by Crippen LogP contribution is 2.28. The molecule has 1 aliphatic rings. The Bertz CT molecular complexity index is 376. The van der Waals surface area contributed by atoms with Crippen LogP contribution in [-0.2, 0) is 11.3 Å². The third-order valence-corrected chi connectivity index (χ3v) is 3.88. The highest BCUT2D eigenvalue weighted by Gasteiger charge is 2.20. The van der Waals surface area contributed by atoms with E-state index in [2.05, 4.69) is 33.0 Å². The molecule has 0 radical (unpaired) electrons. The Balaban J connectivity index is 2.14. The van der Waals surface area contributed by atoms with E-state index in [1.807, 2.05) is 6.07 Å². The van der Waals surface area contributed by atoms with Crippen molar-refractivity contribution in [1.82, 2.24) is 0 Å². The van der Waals surface area contributed by atoms with Crippen LogP contribution in [0.5, 0.6) is 0 Å². The smallest absolute Gasteiger partial charge is 0.0605 e. The molecule has 0 atom stereocenters. The molecular weight excluding hydrogens is 280 g/mol. The van der Waals surface area contributed by atoms with Gasteiger partial charge in [0.1, 0.15) is 0 Å². The predicted octanol–water partition coefficient (Wildman–Crippen LogP) is 2.52. The summed E-state index contributed by atoms with van der Waals surface area (Å²) in [5, 5.41) is 0. The van der Waals surface area contributed by atoms with Crippen LogP contribution in [-0.4, -0.2) is 26.3 Å². The molecule has 0 bridgehead atoms. The predicted molar refractivity (Wildman–Crippen MR) is 74.3 cm³/mol. The van der Waals surface area contributed by atoms with Crippen molar-refractivity contribution in [3.63, 3.8) is 0 Å². The van der Waals surface area contributed by atoms with Crippen LogP contribution in [0.4, 0.5) is 5.69 Å². The lowest BCUT2D eigenvalue weighted by molar-refractivity contribution is 0.0819. The maximum atomic E-state index is 5.79. The zero-order chi connectivity index (χ0) is 12.3. The van der Waals surface area contributed by atoms with E-state index in [9.17, 15) is 0 Å². The Morgan fingerprint density at radius 2 is 2.12 bits per heavy atom. The molecule has 0 spiro atoms. The molecule has 1 aromatic rings. The Hall–Kier alpha value is -0.580. The van der Waals surface area contributed by atoms with E-state index in [-0.39, 0.29) is 0 Å². The molecule has 0 aliphatic carbocycles. The summed E-state index contributed by atoms with van der Waals surface area (Å²) in [5.41, 5.74) is 8.27. The van der Waals surface area contributed by atoms with Crippen LogP contribution < -0.4 is 10.6 Å². The zero-order valence-corrected chi connectivity index (χ0v) is 11.7. The molecule has 0 unspecified atom stereocenters. The summed E-state index contributed by atoms with van der Waals surface area (Å²) >= 11 is 3.53. The van der Waals surface area contributed by atoms with Crippen molar-refractivity contribution in [3.05, 3.63) is 28.2 Å². The first-order valence-electron chi connectivity index (χ1n) is 6.01. The largest absolute Gasteiger partial charge is 0.381 e. The third kappa shape index (κ3) is 3.00. The van der Waals surface area contributed by atoms with Crippen LogP contribution in [0.15, 0.2) is 22.7 Å². The van der Waals surface area contributed by atoms with E-state index in [4.69, 9.17) is 10.5 Å². The molecule has 3 nitrogen and oxygen atoms in total. The second-order valence-electron chi connectivity index (χ2n) is 4.40. The van der Waals surface area contributed by atoms with Crippen molar-refractivity contribution < 1.29 is 4.74 Å². The van der Waals surface area contributed by atoms with Gasteiger partial charge < -0.3 is 15.4 Å². The Morgan fingerprint density at radius 1 is 1.41 bits per heavy atom. The van der Waals surface area contributed by atoms with Gasteiger partial charge in [-0.25, -0.2) is 0 Å². The van der Waals surface area contributed by atoms with Gasteiger partial charge >= 0.3 is 0 Å². The summed E-state index contributed by atoms with van der Waals surface area (Å²) in [6.07, 6.45) is 2.60. The van der Waals surface area contributed by atoms with Gasteiger partial charge in [-0.1, -0.05) is 22.0 Å². The summed E-state index contributed by atoms with van der Waals surface area (Å²) in [5.74, 6) is 0. The lowest BCUT2D eigenvalue weighted by atomic mass is 10.0. The van der Waals surface area contributed by atoms with Gasteiger partial charge in [0, 0.05) is 36.9 Å². The van der Waals surface area contributed by atoms with Crippen molar-refractivity contribution in [3.8, 4) is 0 Å². The minimum absolute atomic E-state index is 0.416. The van der Waals surface area contributed by atoms with Crippen molar-refractivity contribution in [2.24, 2.45) is 5.73 Å². The lowest BCUT2D eigenvalue weighted by Gasteiger charge is -2.34. The number of nitrogens with zero attached hydrogens (tertiary/aromatic N) is 1. The molecule has 1 saturated heterocycles. The topological polar surface area (TPSA) is 38.5 Å². The first-order valence-corrected chi connectivity index (χ1v) is 6.80. The average molecular weight is 299 g/mol. The molecule has 17 heavy (non-hydrogen) atoms. The van der Waals surface area contributed by atoms with Gasteiger partial charge in [0.05, 0.1) is 6.10 Å². The molecule has 1 aliphatic heterocycles. The number of piperidine rings is 1. The molecule has 0 saturated carbocycles. The van der Waals surface area contributed by atoms with Crippen LogP contribution in [0.25, 0.3) is 0 Å². The fourth-order valence-electron chi connectivity index (χ4n) is 2.34. The first-order chi connectivity index (χ1) is 8.24. The van der Waals surface area contributed by atoms with Crippen molar-refractivity contribution in [2.45, 2.75) is 25.5 Å². The maximum Gasteiger partial charge on any atom is 0.0605 e. The van der Waals surface area contributed by atoms with Gasteiger partial charge in [0.2, 0.25) is 0 Å². The van der Waals surface area contributed by atoms with E-state index in [0.717, 1.165) is 30.4 Å². The second-order valence-corrected chi connectivity index (χ2v) is 5.31. The zero-order valence-electron chi connectivity index (χ0n) is 10.2. The van der Waals surface area contributed by atoms with Gasteiger partial charge in [0.15, 0.2) is 0 Å². The van der Waals surface area contributed by atoms with E-state index in [0.29, 0.717) is 12.6 Å². The van der Waals surface area contributed by atoms with E-state index < -0.39 is 0 Å². The molecule has 0 aromatic heterocycles. The highest BCUT2D eigenvalue weighted by atomic mass is 79.9. The Labute approximate surface area is 111 Å². The van der Waals surface area contributed by atoms with Crippen molar-refractivity contribution >= 4 is 21.6 Å². The van der Waals surface area contributed by atoms with Crippen LogP contribution in [0, 0.1) is 0 Å². The van der Waals surface area contributed by atoms with Gasteiger partial charge in [-0.15, -0.1) is 0 Å². The molecule has 2 rings (SSSR count). The van der Waals surface area contributed by atoms with Crippen LogP contribution in [0.2, 0.25) is 0 Å². The van der Waals surface area contributed by atoms with Crippen molar-refractivity contribution in [1.29, 1.82) is 0 Å². The average Bonchev–Trinajstić information content (AvgIpc) is 2.39. The van der Waals surface area contributed by atoms with Crippen LogP contribution >= 0.6 is 15.9 Å². The summed E-state index contributed by atoms with van der Waals surface area (Å²) < 4.78 is 6.50. The molecule has 2 N–H and O–H groups in total. The van der Waals surface area contributed by atoms with Gasteiger partial charge in [-0.3, -0.25) is 0 Å². The third-order valence-electron chi connectivity index (χ3n) is 3.38. The lowest BCUT2D eigenvalue weighted by Crippen LogP contribution is -2.37. The molecular formula is C13H19BrN2O. The molecule has 4 heteroatoms. The molecule has 1 heterocycles. The monoisotopic (exact) mass is 298 g/mol. The fraction of sp³-hybridized carbons (Fsp3) is 0.538. The van der Waals surface area contributed by atoms with Gasteiger partial charge in [-0.05, 0) is 30.5 Å². The maximum absolute atomic E-state index is 5.79. The number of hydrogen-bond acceptors (Lipinski definition) is 3. The number of halogens is 1. The SMILES string of the molecule is COC1CCN(c2cc(Br)ccc2CN)CC1. The number of anilines is 1. The molecule has 0 amide bonds. The van der Waals surface area contributed by atoms with E-state index in [1.54, 1.807) is 7.11 Å². The molecule has 94 valence electrons. The van der Waals surface area contributed by atoms with E-state index in [1.165, 1.54) is 11.3 Å². The number of rotatable bonds is 3. The number of methoxy groups -OCH3 is 1. The molecule has 1 fully saturated rings. The molecule has 1 aromatic carbocycles. The fourth-order valence-corrected chi connectivity index (χ4v) is 2.69. The number of benzene rings is 1. The Morgan fingerprint density at radius 3 is 2.71 bits per heavy atom. The quantitative estimate of drug-likeness (QED) is 0.932. The summed E-state index contributed by atoms with van der Waals surface area (Å²) in [6.45, 7) is 2.68. The summed E-state index contributed by atoms with van der Waals surface area (Å²) in [7, 11) is 1.80. The summed E-state index contributed by atoms with van der Waals surface area (Å²) in [4.78, 5) is 2.41. The van der Waals surface area contributed by atoms with Gasteiger partial charge in [-0.2, -0.15) is 0 Å². The van der Waals surface area contributed by atoms with Crippen LogP contribution in [0.3, 0.4) is 0 Å². The second kappa shape index (κ2) is 5.85. The van der Waals surface area contributed by atoms with Gasteiger partial charge in [0.25, 0.3) is 0 Å². The Kier molecular flexibility index (Phi) is 4.42. The number of ether oxygens (including phenoxy) is 1. The number of hydrogen-bond donors (Lipinski definition) is 1. The highest BCUT2D eigenvalue weighted by molar-refractivity contribution is 9.10. The minimum Gasteiger partial charge on any atom is -0.381 e. The number of nitrogens with two attached hydrogens (primary N) is 1. The van der Waals surface area contributed by atoms with E-state index >= 15 is 0 Å². The standard InChI is InChI=1S/C13H19BrN2O/c1-17-12-4-6-16(7-5-12)13-8-11(14)3-2-10(13)9-15/h2-3,8,12H,4-7,9,15H2,1H3.